The number of aromatic amines is 1. The number of hydrogen-bond donors (Lipinski definition) is 3. The number of rotatable bonds is 4. The number of aliphatic carboxylic acids is 1. The second-order valence-electron chi connectivity index (χ2n) is 4.43. The fourth-order valence-electron chi connectivity index (χ4n) is 1.99. The molecule has 2 rings (SSSR count). The fraction of sp³-hybridized carbons (Fsp3) is 0.545. The third-order valence-corrected chi connectivity index (χ3v) is 3.18. The molecule has 8 nitrogen and oxygen atoms in total. The molecule has 104 valence electrons. The van der Waals surface area contributed by atoms with Crippen LogP contribution < -0.4 is 5.32 Å². The predicted molar refractivity (Wildman–Crippen MR) is 64.3 cm³/mol. The lowest BCUT2D eigenvalue weighted by atomic mass is 10.0. The van der Waals surface area contributed by atoms with Gasteiger partial charge in [0.25, 0.3) is 0 Å². The van der Waals surface area contributed by atoms with E-state index in [0.29, 0.717) is 6.54 Å². The Morgan fingerprint density at radius 3 is 3.05 bits per heavy atom. The summed E-state index contributed by atoms with van der Waals surface area (Å²) in [6, 6.07) is -0.773. The van der Waals surface area contributed by atoms with Crippen molar-refractivity contribution in [3.05, 3.63) is 18.0 Å². The summed E-state index contributed by atoms with van der Waals surface area (Å²) >= 11 is 0. The highest BCUT2D eigenvalue weighted by molar-refractivity contribution is 5.77. The van der Waals surface area contributed by atoms with Crippen molar-refractivity contribution < 1.29 is 19.4 Å². The molecule has 0 bridgehead atoms. The van der Waals surface area contributed by atoms with E-state index in [2.05, 4.69) is 15.5 Å². The molecular formula is C11H16N4O4. The molecule has 0 spiro atoms. The van der Waals surface area contributed by atoms with Gasteiger partial charge < -0.3 is 20.1 Å². The number of carboxylic acid groups (broad SMARTS) is 1. The van der Waals surface area contributed by atoms with E-state index in [-0.39, 0.29) is 19.2 Å². The van der Waals surface area contributed by atoms with Crippen molar-refractivity contribution >= 4 is 12.0 Å². The first-order valence-corrected chi connectivity index (χ1v) is 5.88. The maximum absolute atomic E-state index is 11.9. The van der Waals surface area contributed by atoms with Crippen molar-refractivity contribution in [3.63, 3.8) is 0 Å². The van der Waals surface area contributed by atoms with E-state index in [1.165, 1.54) is 4.90 Å². The normalized spacial score (nSPS) is 22.2. The third kappa shape index (κ3) is 3.02. The minimum atomic E-state index is -0.947. The minimum absolute atomic E-state index is 0.138. The summed E-state index contributed by atoms with van der Waals surface area (Å²) in [6.07, 6.45) is 3.29. The summed E-state index contributed by atoms with van der Waals surface area (Å²) < 4.78 is 5.14. The van der Waals surface area contributed by atoms with Crippen molar-refractivity contribution in [2.45, 2.75) is 12.6 Å². The first-order chi connectivity index (χ1) is 9.09. The lowest BCUT2D eigenvalue weighted by Gasteiger charge is -2.26. The van der Waals surface area contributed by atoms with Gasteiger partial charge in [-0.25, -0.2) is 4.79 Å². The monoisotopic (exact) mass is 268 g/mol. The van der Waals surface area contributed by atoms with Crippen LogP contribution in [-0.4, -0.2) is 58.5 Å². The third-order valence-electron chi connectivity index (χ3n) is 3.18. The van der Waals surface area contributed by atoms with Gasteiger partial charge in [-0.2, -0.15) is 5.10 Å². The van der Waals surface area contributed by atoms with Gasteiger partial charge in [-0.1, -0.05) is 0 Å². The molecule has 0 aliphatic carbocycles. The summed E-state index contributed by atoms with van der Waals surface area (Å²) in [5.74, 6) is -1.62. The molecule has 1 aromatic rings. The molecule has 0 aromatic carbocycles. The zero-order valence-corrected chi connectivity index (χ0v) is 10.5. The number of urea groups is 1. The molecule has 1 aromatic heterocycles. The van der Waals surface area contributed by atoms with Crippen LogP contribution in [0.1, 0.15) is 5.56 Å². The Morgan fingerprint density at radius 2 is 2.42 bits per heavy atom. The molecule has 0 radical (unpaired) electrons. The smallest absolute Gasteiger partial charge is 0.317 e. The number of carboxylic acids is 1. The van der Waals surface area contributed by atoms with Crippen molar-refractivity contribution in [1.82, 2.24) is 20.4 Å². The Kier molecular flexibility index (Phi) is 4.00. The molecule has 1 aliphatic rings. The van der Waals surface area contributed by atoms with Gasteiger partial charge in [0.1, 0.15) is 5.92 Å². The second-order valence-corrected chi connectivity index (χ2v) is 4.43. The number of aromatic nitrogens is 2. The van der Waals surface area contributed by atoms with Gasteiger partial charge in [-0.3, -0.25) is 9.89 Å². The topological polar surface area (TPSA) is 108 Å². The molecule has 1 fully saturated rings. The first-order valence-electron chi connectivity index (χ1n) is 5.88. The number of nitrogens with zero attached hydrogens (tertiary/aromatic N) is 2. The van der Waals surface area contributed by atoms with Gasteiger partial charge in [0.05, 0.1) is 25.5 Å². The van der Waals surface area contributed by atoms with E-state index >= 15 is 0 Å². The van der Waals surface area contributed by atoms with Crippen LogP contribution >= 0.6 is 0 Å². The van der Waals surface area contributed by atoms with Crippen LogP contribution in [0.2, 0.25) is 0 Å². The van der Waals surface area contributed by atoms with Crippen LogP contribution in [0.15, 0.2) is 12.4 Å². The summed E-state index contributed by atoms with van der Waals surface area (Å²) in [7, 11) is 1.57. The zero-order chi connectivity index (χ0) is 13.8. The van der Waals surface area contributed by atoms with Crippen LogP contribution in [0.5, 0.6) is 0 Å². The SMILES string of the molecule is CN(C(=O)NCc1cn[nH]c1)C1COCC1C(=O)O. The number of carbonyl (C=O) groups is 2. The number of likely N-dealkylation sites (N-methyl/N-ethyl adjacent to an activating group) is 1. The molecule has 0 saturated carbocycles. The molecule has 8 heteroatoms. The first kappa shape index (κ1) is 13.3. The van der Waals surface area contributed by atoms with E-state index in [0.717, 1.165) is 5.56 Å². The quantitative estimate of drug-likeness (QED) is 0.692. The average molecular weight is 268 g/mol. The lowest BCUT2D eigenvalue weighted by Crippen LogP contribution is -2.48. The highest BCUT2D eigenvalue weighted by Crippen LogP contribution is 2.19. The Hall–Kier alpha value is -2.09. The number of hydrogen-bond acceptors (Lipinski definition) is 4. The van der Waals surface area contributed by atoms with Gasteiger partial charge in [0.15, 0.2) is 0 Å². The van der Waals surface area contributed by atoms with Crippen LogP contribution in [0.4, 0.5) is 4.79 Å². The van der Waals surface area contributed by atoms with E-state index in [9.17, 15) is 9.59 Å². The summed E-state index contributed by atoms with van der Waals surface area (Å²) in [6.45, 7) is 0.719. The minimum Gasteiger partial charge on any atom is -0.481 e. The van der Waals surface area contributed by atoms with Crippen LogP contribution in [-0.2, 0) is 16.1 Å². The Bertz CT molecular complexity index is 448. The predicted octanol–water partition coefficient (Wildman–Crippen LogP) is -0.349. The summed E-state index contributed by atoms with van der Waals surface area (Å²) in [5, 5.41) is 18.2. The zero-order valence-electron chi connectivity index (χ0n) is 10.5. The van der Waals surface area contributed by atoms with Crippen molar-refractivity contribution in [1.29, 1.82) is 0 Å². The molecule has 19 heavy (non-hydrogen) atoms. The van der Waals surface area contributed by atoms with Gasteiger partial charge in [0.2, 0.25) is 0 Å². The van der Waals surface area contributed by atoms with Gasteiger partial charge >= 0.3 is 12.0 Å². The van der Waals surface area contributed by atoms with E-state index in [4.69, 9.17) is 9.84 Å². The molecule has 2 atom stereocenters. The largest absolute Gasteiger partial charge is 0.481 e. The molecule has 1 aliphatic heterocycles. The highest BCUT2D eigenvalue weighted by atomic mass is 16.5. The van der Waals surface area contributed by atoms with Crippen LogP contribution in [0, 0.1) is 5.92 Å². The van der Waals surface area contributed by atoms with Gasteiger partial charge in [-0.15, -0.1) is 0 Å². The number of nitrogens with one attached hydrogen (secondary N) is 2. The average Bonchev–Trinajstić information content (AvgIpc) is 3.05. The van der Waals surface area contributed by atoms with E-state index in [1.54, 1.807) is 19.4 Å². The summed E-state index contributed by atoms with van der Waals surface area (Å²) in [5.41, 5.74) is 0.846. The molecular weight excluding hydrogens is 252 g/mol. The molecule has 1 saturated heterocycles. The van der Waals surface area contributed by atoms with Crippen molar-refractivity contribution in [2.24, 2.45) is 5.92 Å². The molecule has 2 amide bonds. The van der Waals surface area contributed by atoms with Crippen molar-refractivity contribution in [3.8, 4) is 0 Å². The lowest BCUT2D eigenvalue weighted by molar-refractivity contribution is -0.142. The van der Waals surface area contributed by atoms with E-state index < -0.39 is 17.9 Å². The summed E-state index contributed by atoms with van der Waals surface area (Å²) in [4.78, 5) is 24.3. The Morgan fingerprint density at radius 1 is 1.63 bits per heavy atom. The second kappa shape index (κ2) is 5.70. The fourth-order valence-corrected chi connectivity index (χ4v) is 1.99. The molecule has 2 heterocycles. The van der Waals surface area contributed by atoms with E-state index in [1.807, 2.05) is 0 Å². The highest BCUT2D eigenvalue weighted by Gasteiger charge is 2.38. The van der Waals surface area contributed by atoms with Crippen LogP contribution in [0.25, 0.3) is 0 Å². The van der Waals surface area contributed by atoms with Crippen LogP contribution in [0.3, 0.4) is 0 Å². The molecule has 2 unspecified atom stereocenters. The number of H-pyrrole nitrogens is 1. The maximum atomic E-state index is 11.9. The Labute approximate surface area is 109 Å². The number of ether oxygens (including phenoxy) is 1. The standard InChI is InChI=1S/C11H16N4O4/c1-15(9-6-19-5-8(9)10(16)17)11(18)12-2-7-3-13-14-4-7/h3-4,8-9H,2,5-6H2,1H3,(H,12,18)(H,13,14)(H,16,17). The van der Waals surface area contributed by atoms with Crippen molar-refractivity contribution in [2.75, 3.05) is 20.3 Å². The maximum Gasteiger partial charge on any atom is 0.317 e. The Balaban J connectivity index is 1.89. The van der Waals surface area contributed by atoms with Gasteiger partial charge in [-0.05, 0) is 0 Å². The van der Waals surface area contributed by atoms with Gasteiger partial charge in [0, 0.05) is 25.4 Å². The molecule has 3 N–H and O–H groups in total. The number of carbonyl (C=O) groups excluding carboxylic acids is 1. The number of amides is 2.